The van der Waals surface area contributed by atoms with Crippen LogP contribution in [0.4, 0.5) is 0 Å². The molecule has 5 aromatic carbocycles. The Labute approximate surface area is 258 Å². The fourth-order valence-electron chi connectivity index (χ4n) is 5.34. The maximum absolute atomic E-state index is 3.72. The second kappa shape index (κ2) is 14.5. The minimum atomic E-state index is 0. The molecule has 0 N–H and O–H groups in total. The van der Waals surface area contributed by atoms with Crippen LogP contribution in [0.25, 0.3) is 0 Å². The van der Waals surface area contributed by atoms with Crippen molar-refractivity contribution >= 4 is 0 Å². The molecule has 5 aromatic rings. The van der Waals surface area contributed by atoms with E-state index < -0.39 is 0 Å². The van der Waals surface area contributed by atoms with Gasteiger partial charge in [-0.05, 0) is 40.7 Å². The molecule has 196 valence electrons. The van der Waals surface area contributed by atoms with Gasteiger partial charge >= 0.3 is 19.5 Å². The molecule has 0 spiro atoms. The fourth-order valence-corrected chi connectivity index (χ4v) is 5.34. The van der Waals surface area contributed by atoms with E-state index in [1.54, 1.807) is 13.1 Å². The van der Waals surface area contributed by atoms with Gasteiger partial charge in [0.1, 0.15) is 0 Å². The van der Waals surface area contributed by atoms with E-state index in [1.807, 2.05) is 12.8 Å². The molecule has 2 aliphatic rings. The van der Waals surface area contributed by atoms with Crippen LogP contribution in [0.3, 0.4) is 0 Å². The Morgan fingerprint density at radius 1 is 0.268 bits per heavy atom. The molecule has 0 aromatic heterocycles. The molecule has 2 fully saturated rings. The fraction of sp³-hybridized carbons (Fsp3) is 0. The number of nitrogens with zero attached hydrogens (tertiary/aromatic N) is 1. The Morgan fingerprint density at radius 2 is 0.463 bits per heavy atom. The minimum Gasteiger partial charge on any atom is -0.231 e. The normalized spacial score (nSPS) is 16.6. The molecule has 0 atom stereocenters. The van der Waals surface area contributed by atoms with E-state index in [9.17, 15) is 0 Å². The number of rotatable bonds is 5. The number of hydrogen-bond donors (Lipinski definition) is 0. The monoisotopic (exact) mass is 613 g/mol. The summed E-state index contributed by atoms with van der Waals surface area (Å²) in [4.78, 5) is 0. The summed E-state index contributed by atoms with van der Waals surface area (Å²) in [5, 5.41) is 3.72. The maximum Gasteiger partial charge on any atom is 2.00 e. The van der Waals surface area contributed by atoms with Gasteiger partial charge in [0.15, 0.2) is 0 Å². The van der Waals surface area contributed by atoms with Crippen molar-refractivity contribution in [1.29, 1.82) is 0 Å². The van der Waals surface area contributed by atoms with Gasteiger partial charge in [-0.3, -0.25) is 0 Å². The molecule has 1 nitrogen and oxygen atoms in total. The Morgan fingerprint density at radius 3 is 0.610 bits per heavy atom. The average molecular weight is 613 g/mol. The van der Waals surface area contributed by atoms with Crippen LogP contribution in [-0.2, 0) is 19.5 Å². The molecule has 10 radical (unpaired) electrons. The van der Waals surface area contributed by atoms with Gasteiger partial charge in [0.05, 0.1) is 0 Å². The van der Waals surface area contributed by atoms with E-state index >= 15 is 0 Å². The van der Waals surface area contributed by atoms with E-state index in [0.29, 0.717) is 0 Å². The molecule has 0 bridgehead atoms. The van der Waals surface area contributed by atoms with Crippen LogP contribution in [0, 0.1) is 55.5 Å². The summed E-state index contributed by atoms with van der Waals surface area (Å²) in [6.45, 7) is 3.50. The van der Waals surface area contributed by atoms with Gasteiger partial charge in [-0.2, -0.15) is 0 Å². The first-order chi connectivity index (χ1) is 19.9. The third-order valence-corrected chi connectivity index (χ3v) is 7.02. The zero-order chi connectivity index (χ0) is 27.0. The molecular formula is C39H29NRu+2. The molecule has 1 heterocycles. The van der Waals surface area contributed by atoms with Gasteiger partial charge in [-0.15, -0.1) is 0 Å². The first-order valence-electron chi connectivity index (χ1n) is 13.6. The molecular weight excluding hydrogens is 584 g/mol. The van der Waals surface area contributed by atoms with Crippen molar-refractivity contribution in [2.24, 2.45) is 0 Å². The second-order valence-electron chi connectivity index (χ2n) is 9.54. The van der Waals surface area contributed by atoms with Gasteiger partial charge in [0, 0.05) is 42.7 Å². The van der Waals surface area contributed by atoms with E-state index in [2.05, 4.69) is 157 Å². The zero-order valence-electron chi connectivity index (χ0n) is 22.5. The van der Waals surface area contributed by atoms with Crippen molar-refractivity contribution < 1.29 is 19.5 Å². The van der Waals surface area contributed by atoms with E-state index in [4.69, 9.17) is 0 Å². The Bertz CT molecular complexity index is 1150. The molecule has 1 aliphatic heterocycles. The Kier molecular flexibility index (Phi) is 10.3. The summed E-state index contributed by atoms with van der Waals surface area (Å²) in [6.07, 6.45) is 3.78. The van der Waals surface area contributed by atoms with Crippen molar-refractivity contribution in [3.05, 3.63) is 235 Å². The third-order valence-electron chi connectivity index (χ3n) is 7.02. The summed E-state index contributed by atoms with van der Waals surface area (Å²) >= 11 is 0. The van der Waals surface area contributed by atoms with Crippen LogP contribution < -0.4 is 5.32 Å². The van der Waals surface area contributed by atoms with Crippen LogP contribution in [0.1, 0.15) is 27.8 Å². The summed E-state index contributed by atoms with van der Waals surface area (Å²) in [6, 6.07) is 54.1. The van der Waals surface area contributed by atoms with Crippen LogP contribution in [0.15, 0.2) is 152 Å². The minimum absolute atomic E-state index is 0. The van der Waals surface area contributed by atoms with Crippen molar-refractivity contribution in [2.45, 2.75) is 0 Å². The molecule has 0 amide bonds. The molecule has 7 rings (SSSR count). The standard InChI is InChI=1S/C35H25.C4H4N.Ru/c1-6-16-26(17-7-1)31-32(27-18-8-2-9-19-27)34(29-22-12-4-13-23-29)35(30-24-14-5-15-25-30)33(31)28-20-10-3-11-21-28;1-2-4-5-3-1;/h1-25H;1-4H;/q;;+2. The van der Waals surface area contributed by atoms with Crippen LogP contribution in [0.2, 0.25) is 0 Å². The summed E-state index contributed by atoms with van der Waals surface area (Å²) in [5.74, 6) is 6.39. The van der Waals surface area contributed by atoms with Crippen molar-refractivity contribution in [1.82, 2.24) is 5.32 Å². The van der Waals surface area contributed by atoms with E-state index in [0.717, 1.165) is 0 Å². The quantitative estimate of drug-likeness (QED) is 0.177. The van der Waals surface area contributed by atoms with Crippen LogP contribution >= 0.6 is 0 Å². The van der Waals surface area contributed by atoms with Gasteiger partial charge in [0.2, 0.25) is 0 Å². The van der Waals surface area contributed by atoms with Gasteiger partial charge < -0.3 is 0 Å². The van der Waals surface area contributed by atoms with Gasteiger partial charge in [-0.25, -0.2) is 5.32 Å². The predicted octanol–water partition coefficient (Wildman–Crippen LogP) is 8.45. The van der Waals surface area contributed by atoms with E-state index in [-0.39, 0.29) is 19.5 Å². The molecule has 1 aliphatic carbocycles. The smallest absolute Gasteiger partial charge is 0.231 e. The third kappa shape index (κ3) is 6.61. The first-order valence-corrected chi connectivity index (χ1v) is 13.6. The van der Waals surface area contributed by atoms with Crippen LogP contribution in [0.5, 0.6) is 0 Å². The van der Waals surface area contributed by atoms with E-state index in [1.165, 1.54) is 57.4 Å². The van der Waals surface area contributed by atoms with Crippen molar-refractivity contribution in [2.75, 3.05) is 0 Å². The SMILES string of the molecule is [CH]1[CH][CH][N][CH]1.[Ru+2].c1ccc([C]2[C](c3ccccc3)[C](c3ccccc3)[C](c3ccccc3)[C]2c2ccccc2)cc1. The molecule has 1 saturated carbocycles. The number of benzene rings is 5. The molecule has 0 unspecified atom stereocenters. The van der Waals surface area contributed by atoms with Gasteiger partial charge in [0.25, 0.3) is 0 Å². The number of hydrogen-bond acceptors (Lipinski definition) is 0. The van der Waals surface area contributed by atoms with Crippen molar-refractivity contribution in [3.8, 4) is 0 Å². The molecule has 41 heavy (non-hydrogen) atoms. The summed E-state index contributed by atoms with van der Waals surface area (Å²) in [7, 11) is 0. The zero-order valence-corrected chi connectivity index (χ0v) is 24.3. The summed E-state index contributed by atoms with van der Waals surface area (Å²) in [5.41, 5.74) is 6.13. The van der Waals surface area contributed by atoms with Gasteiger partial charge in [-0.1, -0.05) is 152 Å². The second-order valence-corrected chi connectivity index (χ2v) is 9.54. The Hall–Kier alpha value is -3.32. The topological polar surface area (TPSA) is 14.1 Å². The summed E-state index contributed by atoms with van der Waals surface area (Å²) < 4.78 is 0. The molecule has 2 heteroatoms. The maximum atomic E-state index is 3.72. The molecule has 1 saturated heterocycles. The average Bonchev–Trinajstić information content (AvgIpc) is 3.74. The van der Waals surface area contributed by atoms with Crippen LogP contribution in [-0.4, -0.2) is 0 Å². The predicted molar refractivity (Wildman–Crippen MR) is 163 cm³/mol. The largest absolute Gasteiger partial charge is 2.00 e. The Balaban J connectivity index is 0.000000510. The first kappa shape index (κ1) is 29.2. The van der Waals surface area contributed by atoms with Crippen molar-refractivity contribution in [3.63, 3.8) is 0 Å².